The van der Waals surface area contributed by atoms with Gasteiger partial charge < -0.3 is 10.6 Å². The number of nitrogens with zero attached hydrogens (tertiary/aromatic N) is 1. The third-order valence-electron chi connectivity index (χ3n) is 3.17. The van der Waals surface area contributed by atoms with E-state index >= 15 is 0 Å². The van der Waals surface area contributed by atoms with E-state index in [0.717, 1.165) is 6.54 Å². The van der Waals surface area contributed by atoms with Gasteiger partial charge in [0.2, 0.25) is 0 Å². The number of pyridine rings is 1. The van der Waals surface area contributed by atoms with Crippen molar-refractivity contribution >= 4 is 23.3 Å². The zero-order chi connectivity index (χ0) is 14.4. The Bertz CT molecular complexity index is 435. The van der Waals surface area contributed by atoms with Crippen molar-refractivity contribution in [2.45, 2.75) is 27.7 Å². The first kappa shape index (κ1) is 15.8. The second kappa shape index (κ2) is 7.34. The second-order valence-corrected chi connectivity index (χ2v) is 5.42. The van der Waals surface area contributed by atoms with Crippen molar-refractivity contribution in [3.8, 4) is 0 Å². The molecule has 0 aliphatic carbocycles. The molecular weight excluding hydrogens is 262 g/mol. The molecule has 1 rings (SSSR count). The van der Waals surface area contributed by atoms with E-state index in [0.29, 0.717) is 34.8 Å². The van der Waals surface area contributed by atoms with Crippen LogP contribution in [0.3, 0.4) is 0 Å². The number of rotatable bonds is 6. The van der Waals surface area contributed by atoms with Gasteiger partial charge in [0, 0.05) is 19.3 Å². The molecule has 1 heterocycles. The zero-order valence-corrected chi connectivity index (χ0v) is 12.7. The molecule has 0 aromatic carbocycles. The Labute approximate surface area is 120 Å². The lowest BCUT2D eigenvalue weighted by Gasteiger charge is -2.16. The molecule has 5 heteroatoms. The maximum atomic E-state index is 12.0. The number of carbonyl (C=O) groups excluding carboxylic acids is 1. The van der Waals surface area contributed by atoms with E-state index in [2.05, 4.69) is 36.4 Å². The van der Waals surface area contributed by atoms with Crippen LogP contribution < -0.4 is 10.6 Å². The number of carbonyl (C=O) groups is 1. The molecule has 4 nitrogen and oxygen atoms in total. The normalized spacial score (nSPS) is 12.3. The number of hydrogen-bond acceptors (Lipinski definition) is 3. The SMILES string of the molecule is CCNc1ncc(C(=O)NCC(C)C(C)C)cc1Cl. The van der Waals surface area contributed by atoms with Crippen LogP contribution in [0.25, 0.3) is 0 Å². The fourth-order valence-electron chi connectivity index (χ4n) is 1.45. The Balaban J connectivity index is 2.65. The van der Waals surface area contributed by atoms with Gasteiger partial charge in [-0.15, -0.1) is 0 Å². The lowest BCUT2D eigenvalue weighted by Crippen LogP contribution is -2.30. The molecule has 0 spiro atoms. The minimum atomic E-state index is -0.134. The lowest BCUT2D eigenvalue weighted by molar-refractivity contribution is 0.0944. The van der Waals surface area contributed by atoms with Crippen molar-refractivity contribution in [2.75, 3.05) is 18.4 Å². The number of halogens is 1. The average Bonchev–Trinajstić information content (AvgIpc) is 2.37. The first-order valence-electron chi connectivity index (χ1n) is 6.63. The van der Waals surface area contributed by atoms with Crippen molar-refractivity contribution < 1.29 is 4.79 Å². The summed E-state index contributed by atoms with van der Waals surface area (Å²) in [6.07, 6.45) is 1.54. The first-order chi connectivity index (χ1) is 8.95. The third-order valence-corrected chi connectivity index (χ3v) is 3.46. The summed E-state index contributed by atoms with van der Waals surface area (Å²) < 4.78 is 0. The number of aromatic nitrogens is 1. The predicted molar refractivity (Wildman–Crippen MR) is 79.7 cm³/mol. The highest BCUT2D eigenvalue weighted by Gasteiger charge is 2.12. The minimum absolute atomic E-state index is 0.134. The Morgan fingerprint density at radius 1 is 1.42 bits per heavy atom. The van der Waals surface area contributed by atoms with Crippen molar-refractivity contribution in [2.24, 2.45) is 11.8 Å². The van der Waals surface area contributed by atoms with E-state index < -0.39 is 0 Å². The van der Waals surface area contributed by atoms with Gasteiger partial charge in [0.1, 0.15) is 5.82 Å². The minimum Gasteiger partial charge on any atom is -0.369 e. The van der Waals surface area contributed by atoms with E-state index in [4.69, 9.17) is 11.6 Å². The van der Waals surface area contributed by atoms with Crippen LogP contribution in [0.4, 0.5) is 5.82 Å². The summed E-state index contributed by atoms with van der Waals surface area (Å²) in [5.41, 5.74) is 0.489. The molecule has 0 aliphatic rings. The number of hydrogen-bond donors (Lipinski definition) is 2. The molecule has 106 valence electrons. The molecule has 1 aromatic heterocycles. The van der Waals surface area contributed by atoms with Gasteiger partial charge in [-0.3, -0.25) is 4.79 Å². The monoisotopic (exact) mass is 283 g/mol. The van der Waals surface area contributed by atoms with Crippen LogP contribution >= 0.6 is 11.6 Å². The smallest absolute Gasteiger partial charge is 0.252 e. The highest BCUT2D eigenvalue weighted by molar-refractivity contribution is 6.33. The van der Waals surface area contributed by atoms with E-state index in [1.165, 1.54) is 0 Å². The molecule has 0 bridgehead atoms. The van der Waals surface area contributed by atoms with Crippen LogP contribution in [-0.4, -0.2) is 24.0 Å². The highest BCUT2D eigenvalue weighted by atomic mass is 35.5. The average molecular weight is 284 g/mol. The van der Waals surface area contributed by atoms with Gasteiger partial charge in [-0.1, -0.05) is 32.4 Å². The molecule has 0 saturated heterocycles. The molecule has 2 N–H and O–H groups in total. The summed E-state index contributed by atoms with van der Waals surface area (Å²) in [7, 11) is 0. The fourth-order valence-corrected chi connectivity index (χ4v) is 1.68. The summed E-state index contributed by atoms with van der Waals surface area (Å²) in [6.45, 7) is 9.75. The topological polar surface area (TPSA) is 54.0 Å². The van der Waals surface area contributed by atoms with E-state index in [-0.39, 0.29) is 5.91 Å². The Morgan fingerprint density at radius 3 is 2.63 bits per heavy atom. The summed E-state index contributed by atoms with van der Waals surface area (Å²) >= 11 is 6.06. The van der Waals surface area contributed by atoms with Crippen LogP contribution in [0, 0.1) is 11.8 Å². The number of amides is 1. The van der Waals surface area contributed by atoms with Crippen LogP contribution in [0.1, 0.15) is 38.1 Å². The summed E-state index contributed by atoms with van der Waals surface area (Å²) in [6, 6.07) is 1.64. The molecule has 1 atom stereocenters. The molecule has 0 saturated carbocycles. The van der Waals surface area contributed by atoms with Gasteiger partial charge in [0.15, 0.2) is 0 Å². The lowest BCUT2D eigenvalue weighted by atomic mass is 9.98. The second-order valence-electron chi connectivity index (χ2n) is 5.02. The van der Waals surface area contributed by atoms with Gasteiger partial charge in [-0.2, -0.15) is 0 Å². The molecule has 19 heavy (non-hydrogen) atoms. The third kappa shape index (κ3) is 4.71. The molecule has 0 radical (unpaired) electrons. The fraction of sp³-hybridized carbons (Fsp3) is 0.571. The summed E-state index contributed by atoms with van der Waals surface area (Å²) in [4.78, 5) is 16.1. The van der Waals surface area contributed by atoms with Crippen molar-refractivity contribution in [1.29, 1.82) is 0 Å². The number of anilines is 1. The predicted octanol–water partition coefficient (Wildman–Crippen LogP) is 3.19. The van der Waals surface area contributed by atoms with E-state index in [1.54, 1.807) is 12.3 Å². The van der Waals surface area contributed by atoms with E-state index in [9.17, 15) is 4.79 Å². The van der Waals surface area contributed by atoms with E-state index in [1.807, 2.05) is 6.92 Å². The van der Waals surface area contributed by atoms with Crippen LogP contribution in [0.15, 0.2) is 12.3 Å². The standard InChI is InChI=1S/C14H22ClN3O/c1-5-16-13-12(15)6-11(8-17-13)14(19)18-7-10(4)9(2)3/h6,8-10H,5,7H2,1-4H3,(H,16,17)(H,18,19). The van der Waals surface area contributed by atoms with Crippen LogP contribution in [0.2, 0.25) is 5.02 Å². The van der Waals surface area contributed by atoms with Crippen molar-refractivity contribution in [3.63, 3.8) is 0 Å². The molecule has 1 unspecified atom stereocenters. The number of nitrogens with one attached hydrogen (secondary N) is 2. The quantitative estimate of drug-likeness (QED) is 0.843. The summed E-state index contributed by atoms with van der Waals surface area (Å²) in [5.74, 6) is 1.45. The van der Waals surface area contributed by atoms with Gasteiger partial charge in [0.05, 0.1) is 10.6 Å². The van der Waals surface area contributed by atoms with Gasteiger partial charge in [0.25, 0.3) is 5.91 Å². The Kier molecular flexibility index (Phi) is 6.09. The van der Waals surface area contributed by atoms with Gasteiger partial charge >= 0.3 is 0 Å². The molecule has 0 fully saturated rings. The largest absolute Gasteiger partial charge is 0.369 e. The Morgan fingerprint density at radius 2 is 2.11 bits per heavy atom. The molecule has 1 amide bonds. The van der Waals surface area contributed by atoms with Crippen molar-refractivity contribution in [3.05, 3.63) is 22.8 Å². The molecular formula is C14H22ClN3O. The zero-order valence-electron chi connectivity index (χ0n) is 12.0. The molecule has 0 aliphatic heterocycles. The van der Waals surface area contributed by atoms with Gasteiger partial charge in [-0.05, 0) is 24.8 Å². The van der Waals surface area contributed by atoms with Crippen LogP contribution in [0.5, 0.6) is 0 Å². The maximum Gasteiger partial charge on any atom is 0.252 e. The molecule has 1 aromatic rings. The maximum absolute atomic E-state index is 12.0. The summed E-state index contributed by atoms with van der Waals surface area (Å²) in [5, 5.41) is 6.40. The Hall–Kier alpha value is -1.29. The van der Waals surface area contributed by atoms with Crippen molar-refractivity contribution in [1.82, 2.24) is 10.3 Å². The van der Waals surface area contributed by atoms with Gasteiger partial charge in [-0.25, -0.2) is 4.98 Å². The van der Waals surface area contributed by atoms with Crippen LogP contribution in [-0.2, 0) is 0 Å². The highest BCUT2D eigenvalue weighted by Crippen LogP contribution is 2.19. The first-order valence-corrected chi connectivity index (χ1v) is 7.01.